The molecule has 23 heteroatoms. The molecule has 15 atom stereocenters. The van der Waals surface area contributed by atoms with Crippen molar-refractivity contribution < 1.29 is 78.4 Å². The Bertz CT molecular complexity index is 2520. The summed E-state index contributed by atoms with van der Waals surface area (Å²) in [6.45, 7) is 3.96. The zero-order valence-electron chi connectivity index (χ0n) is 42.1. The van der Waals surface area contributed by atoms with E-state index in [2.05, 4.69) is 15.6 Å². The number of nitro benzene ring substituents is 1. The number of nitrogens with one attached hydrogen (secondary N) is 1. The molecule has 4 fully saturated rings. The number of amides is 1. The van der Waals surface area contributed by atoms with Crippen LogP contribution < -0.4 is 5.32 Å². The van der Waals surface area contributed by atoms with Crippen molar-refractivity contribution >= 4 is 34.4 Å². The van der Waals surface area contributed by atoms with Gasteiger partial charge in [0.1, 0.15) is 36.6 Å². The fourth-order valence-corrected chi connectivity index (χ4v) is 10.9. The number of fused-ring (bicyclic) bond motifs is 1. The number of nitrogens with zero attached hydrogens (tertiary/aromatic N) is 5. The molecule has 2 aromatic carbocycles. The molecule has 4 aliphatic rings. The number of carbonyl (C=O) groups is 3. The summed E-state index contributed by atoms with van der Waals surface area (Å²) in [5, 5.41) is 88.5. The molecule has 0 spiro atoms. The number of nitro groups is 1. The molecule has 0 unspecified atom stereocenters. The first-order chi connectivity index (χ1) is 36.1. The van der Waals surface area contributed by atoms with Gasteiger partial charge in [-0.2, -0.15) is 0 Å². The molecular formula is C52H70N6O17. The summed E-state index contributed by atoms with van der Waals surface area (Å²) in [6.07, 6.45) is -8.25. The third-order valence-electron chi connectivity index (χ3n) is 15.1. The highest BCUT2D eigenvalue weighted by atomic mass is 16.7. The molecule has 4 heterocycles. The lowest BCUT2D eigenvalue weighted by Crippen LogP contribution is -2.64. The van der Waals surface area contributed by atoms with E-state index in [-0.39, 0.29) is 42.3 Å². The van der Waals surface area contributed by atoms with Gasteiger partial charge in [0.15, 0.2) is 24.8 Å². The van der Waals surface area contributed by atoms with Gasteiger partial charge in [0.2, 0.25) is 5.91 Å². The zero-order valence-corrected chi connectivity index (χ0v) is 42.1. The summed E-state index contributed by atoms with van der Waals surface area (Å²) < 4.78 is 41.2. The van der Waals surface area contributed by atoms with Crippen molar-refractivity contribution in [1.82, 2.24) is 24.9 Å². The van der Waals surface area contributed by atoms with Crippen LogP contribution in [0.2, 0.25) is 0 Å². The number of carboxylic acids is 1. The first-order valence-corrected chi connectivity index (χ1v) is 26.1. The number of hydrogen-bond donors (Lipinski definition) is 7. The van der Waals surface area contributed by atoms with Gasteiger partial charge in [-0.25, -0.2) is 9.59 Å². The number of aryl methyl sites for hydroxylation is 3. The molecule has 75 heavy (non-hydrogen) atoms. The molecule has 0 bridgehead atoms. The third kappa shape index (κ3) is 13.7. The van der Waals surface area contributed by atoms with Gasteiger partial charge in [-0.1, -0.05) is 62.4 Å². The molecule has 0 radical (unpaired) electrons. The highest BCUT2D eigenvalue weighted by molar-refractivity contribution is 5.89. The number of carboxylic acid groups (broad SMARTS) is 1. The average molecular weight is 1050 g/mol. The summed E-state index contributed by atoms with van der Waals surface area (Å²) in [7, 11) is 0. The van der Waals surface area contributed by atoms with Gasteiger partial charge in [0, 0.05) is 54.4 Å². The molecule has 8 rings (SSSR count). The van der Waals surface area contributed by atoms with Crippen molar-refractivity contribution in [2.24, 2.45) is 17.8 Å². The van der Waals surface area contributed by atoms with Crippen molar-refractivity contribution in [2.45, 2.75) is 177 Å². The Morgan fingerprint density at radius 2 is 1.65 bits per heavy atom. The van der Waals surface area contributed by atoms with Gasteiger partial charge in [-0.15, -0.1) is 5.10 Å². The fraction of sp³-hybridized carbons (Fsp3) is 0.635. The molecule has 2 saturated heterocycles. The van der Waals surface area contributed by atoms with Crippen LogP contribution in [-0.2, 0) is 57.5 Å². The van der Waals surface area contributed by atoms with Gasteiger partial charge in [-0.05, 0) is 81.5 Å². The van der Waals surface area contributed by atoms with Crippen LogP contribution in [0.5, 0.6) is 0 Å². The Kier molecular flexibility index (Phi) is 19.0. The second-order valence-corrected chi connectivity index (χ2v) is 20.5. The summed E-state index contributed by atoms with van der Waals surface area (Å²) in [6, 6.07) is 14.5. The lowest BCUT2D eigenvalue weighted by atomic mass is 9.77. The van der Waals surface area contributed by atoms with Crippen LogP contribution in [0.3, 0.4) is 0 Å². The molecule has 4 aromatic rings. The zero-order chi connectivity index (χ0) is 53.3. The SMILES string of the molecule is C[C@@H]1O[C@@H](O[C@@H]2[C@@H](C)C[C@@H](C(=O)NCCCCc3cn(CCn4ccc5cc([N+](=O)[O-])ccc54)nn3)C[C@H]2O[C@@H]2O[C@H](CO)[C@H](O)[C@H](O[C@@H](CC3CCCCC3)C(=O)O)[C@H]2OC(=O)c2ccccc2)[C@@H](O)[C@H](O)[C@@H]1O. The second kappa shape index (κ2) is 25.6. The van der Waals surface area contributed by atoms with Gasteiger partial charge in [0.25, 0.3) is 5.69 Å². The number of non-ortho nitro benzene ring substituents is 1. The number of aliphatic hydroxyl groups is 5. The number of rotatable bonds is 22. The van der Waals surface area contributed by atoms with E-state index in [1.807, 2.05) is 23.0 Å². The standard InChI is InChI=1S/C52H70N6O17/c1-29-23-34(48(64)53-19-10-9-15-35-27-57(55-54-35)22-21-56-20-18-33-25-36(58(68)69)16-17-37(33)56)26-38(45(29)75-51-44(63)43(62)41(60)30(2)70-51)72-52-47(74-50(67)32-13-7-4-8-14-32)46(42(61)40(28-59)73-52)71-39(49(65)66)24-31-11-5-3-6-12-31/h4,7-8,13-14,16-18,20,25,27,29-31,34,38-47,51-52,59-63H,3,5-6,9-12,15,19,21-24,26,28H2,1-2H3,(H,53,64)(H,65,66)/t29-,30-,34+,38+,39-,40+,41+,42-,43+,44-,45+,46-,47+,51-,52+/m0/s1. The van der Waals surface area contributed by atoms with E-state index in [4.69, 9.17) is 28.4 Å². The minimum absolute atomic E-state index is 0.0251. The number of benzene rings is 2. The molecule has 410 valence electrons. The number of aliphatic hydroxyl groups excluding tert-OH is 5. The minimum atomic E-state index is -1.70. The van der Waals surface area contributed by atoms with E-state index in [0.717, 1.165) is 48.7 Å². The van der Waals surface area contributed by atoms with Crippen molar-refractivity contribution in [3.05, 3.63) is 88.4 Å². The number of esters is 1. The van der Waals surface area contributed by atoms with E-state index < -0.39 is 115 Å². The number of aromatic nitrogens is 4. The maximum atomic E-state index is 14.1. The molecule has 1 amide bonds. The van der Waals surface area contributed by atoms with E-state index in [1.165, 1.54) is 25.1 Å². The lowest BCUT2D eigenvalue weighted by molar-refractivity contribution is -0.384. The maximum absolute atomic E-state index is 14.1. The molecule has 23 nitrogen and oxygen atoms in total. The fourth-order valence-electron chi connectivity index (χ4n) is 10.9. The predicted molar refractivity (Wildman–Crippen MR) is 263 cm³/mol. The normalized spacial score (nSPS) is 30.9. The minimum Gasteiger partial charge on any atom is -0.479 e. The van der Waals surface area contributed by atoms with E-state index in [9.17, 15) is 55.1 Å². The summed E-state index contributed by atoms with van der Waals surface area (Å²) in [5.74, 6) is -3.62. The Balaban J connectivity index is 0.954. The molecule has 7 N–H and O–H groups in total. The molecule has 2 aliphatic carbocycles. The van der Waals surface area contributed by atoms with Gasteiger partial charge < -0.3 is 68.9 Å². The molecule has 2 aliphatic heterocycles. The van der Waals surface area contributed by atoms with Crippen LogP contribution in [-0.4, -0.2) is 166 Å². The maximum Gasteiger partial charge on any atom is 0.338 e. The summed E-state index contributed by atoms with van der Waals surface area (Å²) >= 11 is 0. The first kappa shape index (κ1) is 55.8. The van der Waals surface area contributed by atoms with Gasteiger partial charge in [0.05, 0.1) is 47.6 Å². The molecule has 2 saturated carbocycles. The number of unbranched alkanes of at least 4 members (excludes halogenated alkanes) is 1. The largest absolute Gasteiger partial charge is 0.479 e. The Hall–Kier alpha value is -5.47. The van der Waals surface area contributed by atoms with Crippen molar-refractivity contribution in [1.29, 1.82) is 0 Å². The number of hydrogen-bond acceptors (Lipinski definition) is 18. The first-order valence-electron chi connectivity index (χ1n) is 26.1. The lowest BCUT2D eigenvalue weighted by Gasteiger charge is -2.48. The number of carbonyl (C=O) groups excluding carboxylic acids is 2. The Morgan fingerprint density at radius 3 is 2.39 bits per heavy atom. The van der Waals surface area contributed by atoms with Gasteiger partial charge in [-0.3, -0.25) is 19.6 Å². The quantitative estimate of drug-likeness (QED) is 0.0257. The van der Waals surface area contributed by atoms with Gasteiger partial charge >= 0.3 is 11.9 Å². The molecular weight excluding hydrogens is 981 g/mol. The van der Waals surface area contributed by atoms with Crippen LogP contribution >= 0.6 is 0 Å². The highest BCUT2D eigenvalue weighted by Crippen LogP contribution is 2.39. The van der Waals surface area contributed by atoms with Crippen LogP contribution in [0.15, 0.2) is 67.0 Å². The molecule has 2 aromatic heterocycles. The van der Waals surface area contributed by atoms with E-state index >= 15 is 0 Å². The summed E-state index contributed by atoms with van der Waals surface area (Å²) in [4.78, 5) is 51.5. The predicted octanol–water partition coefficient (Wildman–Crippen LogP) is 3.04. The third-order valence-corrected chi connectivity index (χ3v) is 15.1. The van der Waals surface area contributed by atoms with Crippen LogP contribution in [0.4, 0.5) is 5.69 Å². The number of aliphatic carboxylic acids is 1. The average Bonchev–Trinajstić information content (AvgIpc) is 4.05. The Labute approximate surface area is 433 Å². The summed E-state index contributed by atoms with van der Waals surface area (Å²) in [5.41, 5.74) is 1.79. The van der Waals surface area contributed by atoms with Crippen molar-refractivity contribution in [3.63, 3.8) is 0 Å². The monoisotopic (exact) mass is 1050 g/mol. The van der Waals surface area contributed by atoms with Crippen LogP contribution in [0.1, 0.15) is 94.1 Å². The van der Waals surface area contributed by atoms with Crippen LogP contribution in [0.25, 0.3) is 10.9 Å². The van der Waals surface area contributed by atoms with Crippen LogP contribution in [0, 0.1) is 27.9 Å². The topological polar surface area (TPSA) is 319 Å². The van der Waals surface area contributed by atoms with E-state index in [0.29, 0.717) is 38.9 Å². The number of ether oxygens (including phenoxy) is 6. The van der Waals surface area contributed by atoms with Crippen molar-refractivity contribution in [2.75, 3.05) is 13.2 Å². The second-order valence-electron chi connectivity index (χ2n) is 20.5. The Morgan fingerprint density at radius 1 is 0.880 bits per heavy atom. The highest BCUT2D eigenvalue weighted by Gasteiger charge is 2.54. The van der Waals surface area contributed by atoms with Crippen molar-refractivity contribution in [3.8, 4) is 0 Å². The van der Waals surface area contributed by atoms with E-state index in [1.54, 1.807) is 41.9 Å². The smallest absolute Gasteiger partial charge is 0.338 e.